The second-order valence-corrected chi connectivity index (χ2v) is 8.09. The molecule has 7 heteroatoms. The molecular weight excluding hydrogens is 372 g/mol. The van der Waals surface area contributed by atoms with Gasteiger partial charge < -0.3 is 24.4 Å². The molecule has 1 aliphatic heterocycles. The Hall–Kier alpha value is -2.28. The highest BCUT2D eigenvalue weighted by atomic mass is 16.5. The van der Waals surface area contributed by atoms with Crippen molar-refractivity contribution in [3.8, 4) is 11.5 Å². The number of aliphatic hydroxyl groups excluding tert-OH is 1. The molecule has 1 aliphatic carbocycles. The van der Waals surface area contributed by atoms with Gasteiger partial charge in [-0.1, -0.05) is 0 Å². The minimum absolute atomic E-state index is 0.0384. The van der Waals surface area contributed by atoms with E-state index in [0.717, 1.165) is 25.7 Å². The second-order valence-electron chi connectivity index (χ2n) is 8.09. The van der Waals surface area contributed by atoms with E-state index in [1.807, 2.05) is 18.7 Å². The first-order valence-electron chi connectivity index (χ1n) is 10.5. The number of nitrogens with zero attached hydrogens (tertiary/aromatic N) is 2. The summed E-state index contributed by atoms with van der Waals surface area (Å²) in [4.78, 5) is 29.0. The minimum atomic E-state index is -0.190. The quantitative estimate of drug-likeness (QED) is 0.719. The highest BCUT2D eigenvalue weighted by Gasteiger charge is 2.35. The summed E-state index contributed by atoms with van der Waals surface area (Å²) in [6, 6.07) is 5.19. The number of likely N-dealkylation sites (tertiary alicyclic amines) is 1. The number of piperidine rings is 1. The molecule has 1 aromatic carbocycles. The molecular formula is C22H32N2O5. The van der Waals surface area contributed by atoms with Gasteiger partial charge in [0.25, 0.3) is 5.91 Å². The fourth-order valence-electron chi connectivity index (χ4n) is 3.72. The average Bonchev–Trinajstić information content (AvgIpc) is 3.57. The van der Waals surface area contributed by atoms with E-state index in [9.17, 15) is 14.7 Å². The summed E-state index contributed by atoms with van der Waals surface area (Å²) < 4.78 is 11.5. The van der Waals surface area contributed by atoms with E-state index < -0.39 is 0 Å². The maximum atomic E-state index is 13.2. The van der Waals surface area contributed by atoms with Gasteiger partial charge in [-0.15, -0.1) is 0 Å². The normalized spacial score (nSPS) is 17.3. The zero-order valence-corrected chi connectivity index (χ0v) is 17.6. The van der Waals surface area contributed by atoms with Crippen LogP contribution >= 0.6 is 0 Å². The van der Waals surface area contributed by atoms with Crippen LogP contribution in [0, 0.1) is 5.92 Å². The number of hydrogen-bond acceptors (Lipinski definition) is 5. The molecule has 1 saturated heterocycles. The third-order valence-corrected chi connectivity index (χ3v) is 5.62. The van der Waals surface area contributed by atoms with Gasteiger partial charge in [0.05, 0.1) is 19.3 Å². The lowest BCUT2D eigenvalue weighted by molar-refractivity contribution is -0.134. The van der Waals surface area contributed by atoms with Crippen molar-refractivity contribution in [2.75, 3.05) is 33.4 Å². The number of carbonyl (C=O) groups excluding carboxylic acids is 2. The largest absolute Gasteiger partial charge is 0.497 e. The summed E-state index contributed by atoms with van der Waals surface area (Å²) in [6.45, 7) is 5.39. The van der Waals surface area contributed by atoms with Gasteiger partial charge in [0.15, 0.2) is 0 Å². The van der Waals surface area contributed by atoms with Crippen molar-refractivity contribution < 1.29 is 24.2 Å². The van der Waals surface area contributed by atoms with E-state index >= 15 is 0 Å². The first-order valence-corrected chi connectivity index (χ1v) is 10.5. The molecule has 29 heavy (non-hydrogen) atoms. The molecule has 7 nitrogen and oxygen atoms in total. The predicted molar refractivity (Wildman–Crippen MR) is 109 cm³/mol. The van der Waals surface area contributed by atoms with Crippen LogP contribution in [0.5, 0.6) is 11.5 Å². The standard InChI is InChI=1S/C22H32N2O5/c1-15(2)24(12-13-25)22(27)19-14-18(28-3)6-7-20(19)29-17-8-10-23(11-9-17)21(26)16-4-5-16/h6-7,14-17,25H,4-5,8-13H2,1-3H3. The van der Waals surface area contributed by atoms with Crippen LogP contribution < -0.4 is 9.47 Å². The number of hydrogen-bond donors (Lipinski definition) is 1. The number of rotatable bonds is 8. The summed E-state index contributed by atoms with van der Waals surface area (Å²) >= 11 is 0. The number of benzene rings is 1. The van der Waals surface area contributed by atoms with Crippen LogP contribution in [-0.2, 0) is 4.79 Å². The molecule has 1 heterocycles. The Labute approximate surface area is 172 Å². The molecule has 160 valence electrons. The molecule has 3 rings (SSSR count). The second kappa shape index (κ2) is 9.48. The molecule has 1 N–H and O–H groups in total. The van der Waals surface area contributed by atoms with Crippen LogP contribution in [0.1, 0.15) is 49.9 Å². The van der Waals surface area contributed by atoms with Crippen molar-refractivity contribution >= 4 is 11.8 Å². The Balaban J connectivity index is 1.72. The van der Waals surface area contributed by atoms with Gasteiger partial charge in [0, 0.05) is 44.4 Å². The summed E-state index contributed by atoms with van der Waals surface area (Å²) in [5, 5.41) is 9.34. The Kier molecular flexibility index (Phi) is 7.00. The van der Waals surface area contributed by atoms with Gasteiger partial charge in [0.2, 0.25) is 5.91 Å². The maximum absolute atomic E-state index is 13.2. The third kappa shape index (κ3) is 5.21. The van der Waals surface area contributed by atoms with Gasteiger partial charge in [-0.2, -0.15) is 0 Å². The lowest BCUT2D eigenvalue weighted by atomic mass is 10.1. The van der Waals surface area contributed by atoms with E-state index in [4.69, 9.17) is 9.47 Å². The molecule has 2 fully saturated rings. The number of amides is 2. The summed E-state index contributed by atoms with van der Waals surface area (Å²) in [5.74, 6) is 1.43. The Bertz CT molecular complexity index is 724. The molecule has 0 spiro atoms. The molecule has 0 bridgehead atoms. The minimum Gasteiger partial charge on any atom is -0.497 e. The Morgan fingerprint density at radius 2 is 1.90 bits per heavy atom. The molecule has 0 atom stereocenters. The highest BCUT2D eigenvalue weighted by molar-refractivity contribution is 5.97. The first-order chi connectivity index (χ1) is 13.9. The van der Waals surface area contributed by atoms with E-state index in [2.05, 4.69) is 0 Å². The van der Waals surface area contributed by atoms with Gasteiger partial charge in [0.1, 0.15) is 17.6 Å². The average molecular weight is 405 g/mol. The third-order valence-electron chi connectivity index (χ3n) is 5.62. The smallest absolute Gasteiger partial charge is 0.258 e. The van der Waals surface area contributed by atoms with Crippen LogP contribution in [-0.4, -0.2) is 72.2 Å². The van der Waals surface area contributed by atoms with Crippen LogP contribution in [0.4, 0.5) is 0 Å². The Morgan fingerprint density at radius 1 is 1.21 bits per heavy atom. The monoisotopic (exact) mass is 404 g/mol. The van der Waals surface area contributed by atoms with Crippen molar-refractivity contribution in [2.24, 2.45) is 5.92 Å². The fourth-order valence-corrected chi connectivity index (χ4v) is 3.72. The van der Waals surface area contributed by atoms with Crippen molar-refractivity contribution in [3.05, 3.63) is 23.8 Å². The first kappa shape index (κ1) is 21.4. The Morgan fingerprint density at radius 3 is 2.45 bits per heavy atom. The van der Waals surface area contributed by atoms with Gasteiger partial charge in [-0.25, -0.2) is 0 Å². The molecule has 2 aliphatic rings. The molecule has 1 aromatic rings. The van der Waals surface area contributed by atoms with Crippen LogP contribution in [0.15, 0.2) is 18.2 Å². The topological polar surface area (TPSA) is 79.3 Å². The number of aliphatic hydroxyl groups is 1. The van der Waals surface area contributed by atoms with Crippen molar-refractivity contribution in [1.29, 1.82) is 0 Å². The lowest BCUT2D eigenvalue weighted by Crippen LogP contribution is -2.43. The summed E-state index contributed by atoms with van der Waals surface area (Å²) in [5.41, 5.74) is 0.433. The zero-order valence-electron chi connectivity index (χ0n) is 17.6. The summed E-state index contributed by atoms with van der Waals surface area (Å²) in [6.07, 6.45) is 3.51. The van der Waals surface area contributed by atoms with Crippen LogP contribution in [0.3, 0.4) is 0 Å². The molecule has 0 aromatic heterocycles. The number of ether oxygens (including phenoxy) is 2. The fraction of sp³-hybridized carbons (Fsp3) is 0.636. The van der Waals surface area contributed by atoms with Crippen LogP contribution in [0.2, 0.25) is 0 Å². The molecule has 1 saturated carbocycles. The maximum Gasteiger partial charge on any atom is 0.258 e. The molecule has 0 unspecified atom stereocenters. The van der Waals surface area contributed by atoms with Gasteiger partial charge >= 0.3 is 0 Å². The van der Waals surface area contributed by atoms with Crippen molar-refractivity contribution in [1.82, 2.24) is 9.80 Å². The number of carbonyl (C=O) groups is 2. The van der Waals surface area contributed by atoms with E-state index in [1.165, 1.54) is 0 Å². The summed E-state index contributed by atoms with van der Waals surface area (Å²) in [7, 11) is 1.56. The molecule has 2 amide bonds. The zero-order chi connectivity index (χ0) is 21.0. The van der Waals surface area contributed by atoms with E-state index in [-0.39, 0.29) is 43.0 Å². The lowest BCUT2D eigenvalue weighted by Gasteiger charge is -2.33. The van der Waals surface area contributed by atoms with Gasteiger partial charge in [-0.3, -0.25) is 9.59 Å². The van der Waals surface area contributed by atoms with Gasteiger partial charge in [-0.05, 0) is 44.9 Å². The van der Waals surface area contributed by atoms with E-state index in [0.29, 0.717) is 30.2 Å². The van der Waals surface area contributed by atoms with E-state index in [1.54, 1.807) is 30.2 Å². The van der Waals surface area contributed by atoms with Crippen LogP contribution in [0.25, 0.3) is 0 Å². The predicted octanol–water partition coefficient (Wildman–Crippen LogP) is 2.32. The van der Waals surface area contributed by atoms with Crippen molar-refractivity contribution in [2.45, 2.75) is 51.7 Å². The molecule has 0 radical (unpaired) electrons. The van der Waals surface area contributed by atoms with Crippen molar-refractivity contribution in [3.63, 3.8) is 0 Å². The SMILES string of the molecule is COc1ccc(OC2CCN(C(=O)C3CC3)CC2)c(C(=O)N(CCO)C(C)C)c1. The number of methoxy groups -OCH3 is 1. The highest BCUT2D eigenvalue weighted by Crippen LogP contribution is 2.33.